The Morgan fingerprint density at radius 1 is 1.29 bits per heavy atom. The number of benzene rings is 2. The predicted octanol–water partition coefficient (Wildman–Crippen LogP) is 3.62. The van der Waals surface area contributed by atoms with Crippen molar-refractivity contribution in [2.45, 2.75) is 16.4 Å². The normalized spacial score (nSPS) is 21.9. The van der Waals surface area contributed by atoms with Crippen molar-refractivity contribution in [3.05, 3.63) is 65.7 Å². The van der Waals surface area contributed by atoms with E-state index >= 15 is 0 Å². The summed E-state index contributed by atoms with van der Waals surface area (Å²) in [6.07, 6.45) is 4.22. The van der Waals surface area contributed by atoms with Crippen LogP contribution in [0.25, 0.3) is 6.08 Å². The third kappa shape index (κ3) is 2.70. The van der Waals surface area contributed by atoms with E-state index in [0.717, 1.165) is 28.3 Å². The van der Waals surface area contributed by atoms with Gasteiger partial charge in [-0.3, -0.25) is 4.79 Å². The molecule has 2 aromatic rings. The lowest BCUT2D eigenvalue weighted by Crippen LogP contribution is -2.36. The van der Waals surface area contributed by atoms with Gasteiger partial charge in [0.2, 0.25) is 5.06 Å². The van der Waals surface area contributed by atoms with Crippen LogP contribution in [0.3, 0.4) is 0 Å². The van der Waals surface area contributed by atoms with Crippen LogP contribution in [0.4, 0.5) is 5.69 Å². The standard InChI is InChI=1S/C19H17NO3S/c21-18(22)13-15-6-7-16-17(12-15)24-19(20(16)10-11-23-19)9-8-14-4-2-1-3-5-14/h1-9,12H,10-11,13H2,(H,21,22). The molecule has 0 amide bonds. The molecule has 1 saturated heterocycles. The van der Waals surface area contributed by atoms with Crippen molar-refractivity contribution in [2.75, 3.05) is 18.1 Å². The first-order valence-electron chi connectivity index (χ1n) is 7.86. The van der Waals surface area contributed by atoms with E-state index < -0.39 is 11.0 Å². The van der Waals surface area contributed by atoms with Crippen molar-refractivity contribution in [3.8, 4) is 0 Å². The van der Waals surface area contributed by atoms with Crippen LogP contribution in [-0.2, 0) is 16.0 Å². The monoisotopic (exact) mass is 339 g/mol. The van der Waals surface area contributed by atoms with Gasteiger partial charge in [-0.25, -0.2) is 0 Å². The second-order valence-corrected chi connectivity index (χ2v) is 7.08. The zero-order valence-electron chi connectivity index (χ0n) is 13.0. The van der Waals surface area contributed by atoms with Crippen molar-refractivity contribution in [1.29, 1.82) is 0 Å². The summed E-state index contributed by atoms with van der Waals surface area (Å²) >= 11 is 1.64. The molecule has 4 rings (SSSR count). The minimum absolute atomic E-state index is 0.0432. The van der Waals surface area contributed by atoms with E-state index in [1.54, 1.807) is 11.8 Å². The number of thioether (sulfide) groups is 1. The molecule has 1 unspecified atom stereocenters. The molecule has 2 heterocycles. The Morgan fingerprint density at radius 2 is 2.12 bits per heavy atom. The number of fused-ring (bicyclic) bond motifs is 3. The molecule has 24 heavy (non-hydrogen) atoms. The largest absolute Gasteiger partial charge is 0.481 e. The van der Waals surface area contributed by atoms with Gasteiger partial charge in [-0.1, -0.05) is 54.2 Å². The molecule has 0 aromatic heterocycles. The van der Waals surface area contributed by atoms with Gasteiger partial charge in [0.25, 0.3) is 0 Å². The Bertz CT molecular complexity index is 806. The van der Waals surface area contributed by atoms with E-state index in [9.17, 15) is 4.79 Å². The first-order chi connectivity index (χ1) is 11.7. The van der Waals surface area contributed by atoms with Gasteiger partial charge in [0.1, 0.15) is 0 Å². The second kappa shape index (κ2) is 6.00. The average molecular weight is 339 g/mol. The number of carbonyl (C=O) groups is 1. The maximum absolute atomic E-state index is 10.9. The van der Waals surface area contributed by atoms with Gasteiger partial charge in [-0.05, 0) is 29.3 Å². The summed E-state index contributed by atoms with van der Waals surface area (Å²) in [5.74, 6) is -0.812. The van der Waals surface area contributed by atoms with Crippen molar-refractivity contribution < 1.29 is 14.6 Å². The van der Waals surface area contributed by atoms with Crippen LogP contribution in [0.1, 0.15) is 11.1 Å². The molecule has 122 valence electrons. The summed E-state index contributed by atoms with van der Waals surface area (Å²) in [7, 11) is 0. The Labute approximate surface area is 144 Å². The fourth-order valence-electron chi connectivity index (χ4n) is 3.13. The number of carboxylic acids is 1. The zero-order chi connectivity index (χ0) is 16.6. The first-order valence-corrected chi connectivity index (χ1v) is 8.68. The van der Waals surface area contributed by atoms with Crippen LogP contribution in [0.15, 0.2) is 59.5 Å². The number of aliphatic carboxylic acids is 1. The third-order valence-electron chi connectivity index (χ3n) is 4.21. The summed E-state index contributed by atoms with van der Waals surface area (Å²) in [5, 5.41) is 8.46. The van der Waals surface area contributed by atoms with Crippen molar-refractivity contribution in [2.24, 2.45) is 0 Å². The Balaban J connectivity index is 1.64. The third-order valence-corrected chi connectivity index (χ3v) is 5.53. The molecular weight excluding hydrogens is 322 g/mol. The molecular formula is C19H17NO3S. The Hall–Kier alpha value is -2.24. The van der Waals surface area contributed by atoms with Crippen LogP contribution < -0.4 is 4.90 Å². The number of rotatable bonds is 4. The van der Waals surface area contributed by atoms with E-state index in [1.807, 2.05) is 36.4 Å². The minimum Gasteiger partial charge on any atom is -0.481 e. The quantitative estimate of drug-likeness (QED) is 0.922. The zero-order valence-corrected chi connectivity index (χ0v) is 13.8. The minimum atomic E-state index is -0.812. The molecule has 2 aliphatic heterocycles. The first kappa shape index (κ1) is 15.3. The van der Waals surface area contributed by atoms with Gasteiger partial charge in [0.15, 0.2) is 0 Å². The highest BCUT2D eigenvalue weighted by Crippen LogP contribution is 2.54. The van der Waals surface area contributed by atoms with Crippen molar-refractivity contribution >= 4 is 29.5 Å². The molecule has 0 spiro atoms. The van der Waals surface area contributed by atoms with E-state index in [0.29, 0.717) is 6.61 Å². The topological polar surface area (TPSA) is 49.8 Å². The van der Waals surface area contributed by atoms with Gasteiger partial charge in [-0.2, -0.15) is 0 Å². The highest BCUT2D eigenvalue weighted by Gasteiger charge is 2.47. The molecule has 1 atom stereocenters. The lowest BCUT2D eigenvalue weighted by Gasteiger charge is -2.27. The van der Waals surface area contributed by atoms with Gasteiger partial charge in [0.05, 0.1) is 18.7 Å². The van der Waals surface area contributed by atoms with Gasteiger partial charge in [-0.15, -0.1) is 0 Å². The summed E-state index contributed by atoms with van der Waals surface area (Å²) in [6.45, 7) is 1.51. The molecule has 0 aliphatic carbocycles. The molecule has 1 fully saturated rings. The van der Waals surface area contributed by atoms with Crippen LogP contribution in [0, 0.1) is 0 Å². The number of anilines is 1. The molecule has 0 radical (unpaired) electrons. The molecule has 2 aliphatic rings. The van der Waals surface area contributed by atoms with E-state index in [-0.39, 0.29) is 6.42 Å². The number of hydrogen-bond donors (Lipinski definition) is 1. The number of ether oxygens (including phenoxy) is 1. The van der Waals surface area contributed by atoms with Crippen LogP contribution in [0.5, 0.6) is 0 Å². The van der Waals surface area contributed by atoms with Crippen LogP contribution in [0.2, 0.25) is 0 Å². The number of carboxylic acid groups (broad SMARTS) is 1. The van der Waals surface area contributed by atoms with E-state index in [2.05, 4.69) is 29.2 Å². The molecule has 0 bridgehead atoms. The fraction of sp³-hybridized carbons (Fsp3) is 0.211. The molecule has 2 aromatic carbocycles. The fourth-order valence-corrected chi connectivity index (χ4v) is 4.52. The van der Waals surface area contributed by atoms with E-state index in [4.69, 9.17) is 9.84 Å². The van der Waals surface area contributed by atoms with Gasteiger partial charge >= 0.3 is 5.97 Å². The number of hydrogen-bond acceptors (Lipinski definition) is 4. The average Bonchev–Trinajstić information content (AvgIpc) is 3.09. The molecule has 0 saturated carbocycles. The maximum Gasteiger partial charge on any atom is 0.307 e. The maximum atomic E-state index is 10.9. The van der Waals surface area contributed by atoms with Crippen LogP contribution >= 0.6 is 11.8 Å². The smallest absolute Gasteiger partial charge is 0.307 e. The SMILES string of the molecule is O=C(O)Cc1ccc2c(c1)SC1(C=Cc3ccccc3)OCCN21. The second-order valence-electron chi connectivity index (χ2n) is 5.85. The highest BCUT2D eigenvalue weighted by atomic mass is 32.2. The summed E-state index contributed by atoms with van der Waals surface area (Å²) in [4.78, 5) is 14.3. The Kier molecular flexibility index (Phi) is 3.82. The molecule has 5 heteroatoms. The Morgan fingerprint density at radius 3 is 2.92 bits per heavy atom. The van der Waals surface area contributed by atoms with Crippen LogP contribution in [-0.4, -0.2) is 29.3 Å². The summed E-state index contributed by atoms with van der Waals surface area (Å²) < 4.78 is 6.08. The predicted molar refractivity (Wildman–Crippen MR) is 95.1 cm³/mol. The van der Waals surface area contributed by atoms with Gasteiger partial charge in [0, 0.05) is 11.4 Å². The molecule has 1 N–H and O–H groups in total. The van der Waals surface area contributed by atoms with Gasteiger partial charge < -0.3 is 14.7 Å². The summed E-state index contributed by atoms with van der Waals surface area (Å²) in [6, 6.07) is 16.0. The lowest BCUT2D eigenvalue weighted by molar-refractivity contribution is -0.136. The molecule has 4 nitrogen and oxygen atoms in total. The lowest BCUT2D eigenvalue weighted by atomic mass is 10.1. The highest BCUT2D eigenvalue weighted by molar-refractivity contribution is 8.01. The summed E-state index contributed by atoms with van der Waals surface area (Å²) in [5.41, 5.74) is 3.06. The van der Waals surface area contributed by atoms with Crippen molar-refractivity contribution in [3.63, 3.8) is 0 Å². The van der Waals surface area contributed by atoms with E-state index in [1.165, 1.54) is 0 Å². The number of nitrogens with zero attached hydrogens (tertiary/aromatic N) is 1. The van der Waals surface area contributed by atoms with Crippen molar-refractivity contribution in [1.82, 2.24) is 0 Å².